The molecule has 0 aliphatic heterocycles. The van der Waals surface area contributed by atoms with E-state index in [4.69, 9.17) is 5.26 Å². The van der Waals surface area contributed by atoms with Crippen LogP contribution in [0.3, 0.4) is 0 Å². The summed E-state index contributed by atoms with van der Waals surface area (Å²) in [7, 11) is 0. The average Bonchev–Trinajstić information content (AvgIpc) is 2.04. The number of nitriles is 1. The minimum atomic E-state index is 0.749. The van der Waals surface area contributed by atoms with E-state index in [1.165, 1.54) is 38.5 Å². The second-order valence-corrected chi connectivity index (χ2v) is 4.60. The van der Waals surface area contributed by atoms with Crippen molar-refractivity contribution in [3.63, 3.8) is 0 Å². The van der Waals surface area contributed by atoms with Crippen molar-refractivity contribution in [3.05, 3.63) is 0 Å². The summed E-state index contributed by atoms with van der Waals surface area (Å²) in [5, 5.41) is 8.63. The van der Waals surface area contributed by atoms with Crippen LogP contribution in [0.5, 0.6) is 0 Å². The molecule has 0 aromatic heterocycles. The van der Waals surface area contributed by atoms with Gasteiger partial charge in [-0.2, -0.15) is 5.26 Å². The van der Waals surface area contributed by atoms with E-state index >= 15 is 0 Å². The molecule has 2 unspecified atom stereocenters. The first-order chi connectivity index (χ1) is 5.88. The fourth-order valence-electron chi connectivity index (χ4n) is 3.17. The van der Waals surface area contributed by atoms with Crippen molar-refractivity contribution in [1.82, 2.24) is 0 Å². The topological polar surface area (TPSA) is 23.8 Å². The van der Waals surface area contributed by atoms with Crippen molar-refractivity contribution in [3.8, 4) is 6.07 Å². The van der Waals surface area contributed by atoms with E-state index in [2.05, 4.69) is 6.07 Å². The molecule has 2 aliphatic rings. The molecule has 0 N–H and O–H groups in total. The van der Waals surface area contributed by atoms with Gasteiger partial charge in [-0.15, -0.1) is 0 Å². The van der Waals surface area contributed by atoms with Crippen molar-refractivity contribution >= 4 is 0 Å². The van der Waals surface area contributed by atoms with Gasteiger partial charge in [-0.1, -0.05) is 19.3 Å². The molecule has 2 atom stereocenters. The number of rotatable bonds is 1. The van der Waals surface area contributed by atoms with Crippen LogP contribution in [-0.2, 0) is 0 Å². The van der Waals surface area contributed by atoms with Crippen molar-refractivity contribution in [2.24, 2.45) is 17.8 Å². The maximum atomic E-state index is 8.63. The molecular formula is C11H17N. The number of hydrogen-bond donors (Lipinski definition) is 0. The number of nitrogens with zero attached hydrogens (tertiary/aromatic N) is 1. The van der Waals surface area contributed by atoms with Crippen molar-refractivity contribution in [1.29, 1.82) is 5.26 Å². The SMILES string of the molecule is N#CCC1CC2CCCC(C1)C2. The Morgan fingerprint density at radius 2 is 1.75 bits per heavy atom. The highest BCUT2D eigenvalue weighted by atomic mass is 14.4. The maximum Gasteiger partial charge on any atom is 0.0624 e. The molecule has 2 saturated carbocycles. The van der Waals surface area contributed by atoms with Crippen LogP contribution in [0.25, 0.3) is 0 Å². The second kappa shape index (κ2) is 3.47. The Bertz CT molecular complexity index is 180. The summed E-state index contributed by atoms with van der Waals surface area (Å²) in [6, 6.07) is 2.33. The molecule has 2 bridgehead atoms. The normalized spacial score (nSPS) is 40.4. The molecule has 2 fully saturated rings. The minimum Gasteiger partial charge on any atom is -0.198 e. The summed E-state index contributed by atoms with van der Waals surface area (Å²) in [5.74, 6) is 2.71. The van der Waals surface area contributed by atoms with Crippen LogP contribution < -0.4 is 0 Å². The molecule has 66 valence electrons. The standard InChI is InChI=1S/C11H17N/c12-5-4-11-7-9-2-1-3-10(6-9)8-11/h9-11H,1-4,6-8H2. The lowest BCUT2D eigenvalue weighted by molar-refractivity contribution is 0.139. The van der Waals surface area contributed by atoms with E-state index in [1.54, 1.807) is 0 Å². The van der Waals surface area contributed by atoms with Crippen LogP contribution >= 0.6 is 0 Å². The molecule has 2 aliphatic carbocycles. The van der Waals surface area contributed by atoms with Crippen molar-refractivity contribution < 1.29 is 0 Å². The fourth-order valence-corrected chi connectivity index (χ4v) is 3.17. The molecule has 2 rings (SSSR count). The first-order valence-corrected chi connectivity index (χ1v) is 5.25. The summed E-state index contributed by atoms with van der Waals surface area (Å²) in [5.41, 5.74) is 0. The highest BCUT2D eigenvalue weighted by molar-refractivity contribution is 4.87. The molecule has 0 aromatic rings. The molecule has 0 heterocycles. The van der Waals surface area contributed by atoms with Crippen LogP contribution in [0.1, 0.15) is 44.9 Å². The highest BCUT2D eigenvalue weighted by Crippen LogP contribution is 2.43. The maximum absolute atomic E-state index is 8.63. The molecule has 0 amide bonds. The van der Waals surface area contributed by atoms with Gasteiger partial charge in [0.1, 0.15) is 0 Å². The number of hydrogen-bond acceptors (Lipinski definition) is 1. The smallest absolute Gasteiger partial charge is 0.0624 e. The Hall–Kier alpha value is -0.510. The van der Waals surface area contributed by atoms with Gasteiger partial charge in [0.05, 0.1) is 6.07 Å². The Morgan fingerprint density at radius 3 is 2.33 bits per heavy atom. The van der Waals surface area contributed by atoms with Gasteiger partial charge in [0.2, 0.25) is 0 Å². The lowest BCUT2D eigenvalue weighted by Crippen LogP contribution is -2.26. The lowest BCUT2D eigenvalue weighted by atomic mass is 9.67. The quantitative estimate of drug-likeness (QED) is 0.582. The van der Waals surface area contributed by atoms with Crippen LogP contribution in [0, 0.1) is 29.1 Å². The summed E-state index contributed by atoms with van der Waals surface area (Å²) in [6.07, 6.45) is 9.33. The van der Waals surface area contributed by atoms with Gasteiger partial charge in [0.25, 0.3) is 0 Å². The predicted octanol–water partition coefficient (Wildman–Crippen LogP) is 3.12. The second-order valence-electron chi connectivity index (χ2n) is 4.60. The van der Waals surface area contributed by atoms with Crippen LogP contribution in [-0.4, -0.2) is 0 Å². The van der Waals surface area contributed by atoms with Crippen LogP contribution in [0.4, 0.5) is 0 Å². The summed E-state index contributed by atoms with van der Waals surface area (Å²) in [4.78, 5) is 0. The molecule has 1 nitrogen and oxygen atoms in total. The fraction of sp³-hybridized carbons (Fsp3) is 0.909. The molecule has 0 radical (unpaired) electrons. The van der Waals surface area contributed by atoms with Crippen LogP contribution in [0.2, 0.25) is 0 Å². The van der Waals surface area contributed by atoms with Gasteiger partial charge < -0.3 is 0 Å². The molecular weight excluding hydrogens is 146 g/mol. The molecule has 1 heteroatoms. The summed E-state index contributed by atoms with van der Waals surface area (Å²) in [6.45, 7) is 0. The Balaban J connectivity index is 1.92. The van der Waals surface area contributed by atoms with Gasteiger partial charge in [-0.05, 0) is 37.0 Å². The summed E-state index contributed by atoms with van der Waals surface area (Å²) >= 11 is 0. The molecule has 12 heavy (non-hydrogen) atoms. The summed E-state index contributed by atoms with van der Waals surface area (Å²) < 4.78 is 0. The van der Waals surface area contributed by atoms with Gasteiger partial charge in [-0.25, -0.2) is 0 Å². The van der Waals surface area contributed by atoms with E-state index in [1.807, 2.05) is 0 Å². The largest absolute Gasteiger partial charge is 0.198 e. The number of fused-ring (bicyclic) bond motifs is 2. The van der Waals surface area contributed by atoms with E-state index in [0.29, 0.717) is 0 Å². The molecule has 0 aromatic carbocycles. The third-order valence-corrected chi connectivity index (χ3v) is 3.60. The van der Waals surface area contributed by atoms with E-state index in [9.17, 15) is 0 Å². The molecule has 0 spiro atoms. The predicted molar refractivity (Wildman–Crippen MR) is 48.4 cm³/mol. The zero-order valence-electron chi connectivity index (χ0n) is 7.63. The average molecular weight is 163 g/mol. The van der Waals surface area contributed by atoms with Gasteiger partial charge in [0, 0.05) is 6.42 Å². The highest BCUT2D eigenvalue weighted by Gasteiger charge is 2.31. The van der Waals surface area contributed by atoms with E-state index < -0.39 is 0 Å². The van der Waals surface area contributed by atoms with Gasteiger partial charge >= 0.3 is 0 Å². The lowest BCUT2D eigenvalue weighted by Gasteiger charge is -2.38. The zero-order chi connectivity index (χ0) is 8.39. The first kappa shape index (κ1) is 8.10. The first-order valence-electron chi connectivity index (χ1n) is 5.25. The van der Waals surface area contributed by atoms with Crippen molar-refractivity contribution in [2.75, 3.05) is 0 Å². The van der Waals surface area contributed by atoms with Crippen LogP contribution in [0.15, 0.2) is 0 Å². The minimum absolute atomic E-state index is 0.749. The molecule has 0 saturated heterocycles. The Morgan fingerprint density at radius 1 is 1.08 bits per heavy atom. The van der Waals surface area contributed by atoms with E-state index in [-0.39, 0.29) is 0 Å². The van der Waals surface area contributed by atoms with E-state index in [0.717, 1.165) is 24.2 Å². The Kier molecular flexibility index (Phi) is 2.35. The Labute approximate surface area is 74.8 Å². The monoisotopic (exact) mass is 163 g/mol. The van der Waals surface area contributed by atoms with Gasteiger partial charge in [0.15, 0.2) is 0 Å². The third-order valence-electron chi connectivity index (χ3n) is 3.60. The van der Waals surface area contributed by atoms with Crippen molar-refractivity contribution in [2.45, 2.75) is 44.9 Å². The van der Waals surface area contributed by atoms with Gasteiger partial charge in [-0.3, -0.25) is 0 Å². The zero-order valence-corrected chi connectivity index (χ0v) is 7.63. The third kappa shape index (κ3) is 1.63.